The third kappa shape index (κ3) is 5.53. The summed E-state index contributed by atoms with van der Waals surface area (Å²) in [5.41, 5.74) is 0. The molecule has 0 bridgehead atoms. The second-order valence-corrected chi connectivity index (χ2v) is 5.49. The third-order valence-electron chi connectivity index (χ3n) is 4.06. The number of amides is 1. The van der Waals surface area contributed by atoms with Gasteiger partial charge in [-0.1, -0.05) is 20.3 Å². The first kappa shape index (κ1) is 14.5. The summed E-state index contributed by atoms with van der Waals surface area (Å²) >= 11 is 0. The van der Waals surface area contributed by atoms with Gasteiger partial charge in [-0.3, -0.25) is 4.79 Å². The highest BCUT2D eigenvalue weighted by atomic mass is 16.1. The maximum absolute atomic E-state index is 11.8. The minimum absolute atomic E-state index is 0.225. The van der Waals surface area contributed by atoms with Crippen molar-refractivity contribution in [2.24, 2.45) is 11.8 Å². The van der Waals surface area contributed by atoms with E-state index in [-0.39, 0.29) is 5.91 Å². The Bertz CT molecular complexity index is 224. The number of nitrogens with one attached hydrogen (secondary N) is 2. The highest BCUT2D eigenvalue weighted by molar-refractivity contribution is 5.76. The zero-order valence-corrected chi connectivity index (χ0v) is 11.6. The Balaban J connectivity index is 2.15. The van der Waals surface area contributed by atoms with Crippen LogP contribution < -0.4 is 10.6 Å². The Morgan fingerprint density at radius 1 is 1.47 bits per heavy atom. The molecule has 3 unspecified atom stereocenters. The largest absolute Gasteiger partial charge is 0.353 e. The second-order valence-electron chi connectivity index (χ2n) is 5.49. The quantitative estimate of drug-likeness (QED) is 0.748. The summed E-state index contributed by atoms with van der Waals surface area (Å²) < 4.78 is 0. The molecule has 0 radical (unpaired) electrons. The predicted octanol–water partition coefficient (Wildman–Crippen LogP) is 2.32. The van der Waals surface area contributed by atoms with E-state index in [2.05, 4.69) is 31.4 Å². The van der Waals surface area contributed by atoms with Crippen molar-refractivity contribution < 1.29 is 4.79 Å². The van der Waals surface area contributed by atoms with Crippen LogP contribution in [0.2, 0.25) is 0 Å². The van der Waals surface area contributed by atoms with Gasteiger partial charge in [-0.2, -0.15) is 0 Å². The average molecular weight is 240 g/mol. The van der Waals surface area contributed by atoms with Crippen LogP contribution >= 0.6 is 0 Å². The van der Waals surface area contributed by atoms with Gasteiger partial charge >= 0.3 is 0 Å². The zero-order valence-electron chi connectivity index (χ0n) is 11.6. The molecule has 100 valence electrons. The number of rotatable bonds is 6. The monoisotopic (exact) mass is 240 g/mol. The van der Waals surface area contributed by atoms with Crippen molar-refractivity contribution in [1.82, 2.24) is 10.6 Å². The van der Waals surface area contributed by atoms with Crippen molar-refractivity contribution in [1.29, 1.82) is 0 Å². The van der Waals surface area contributed by atoms with Gasteiger partial charge in [0.1, 0.15) is 0 Å². The molecule has 2 N–H and O–H groups in total. The van der Waals surface area contributed by atoms with Gasteiger partial charge in [-0.05, 0) is 51.1 Å². The summed E-state index contributed by atoms with van der Waals surface area (Å²) in [5.74, 6) is 1.49. The van der Waals surface area contributed by atoms with Crippen LogP contribution in [-0.4, -0.2) is 25.0 Å². The van der Waals surface area contributed by atoms with Crippen LogP contribution in [-0.2, 0) is 4.79 Å². The van der Waals surface area contributed by atoms with Crippen molar-refractivity contribution in [3.8, 4) is 0 Å². The molecule has 1 heterocycles. The minimum atomic E-state index is 0.225. The molecule has 3 atom stereocenters. The summed E-state index contributed by atoms with van der Waals surface area (Å²) in [4.78, 5) is 11.8. The van der Waals surface area contributed by atoms with Crippen LogP contribution in [0.25, 0.3) is 0 Å². The highest BCUT2D eigenvalue weighted by Crippen LogP contribution is 2.16. The lowest BCUT2D eigenvalue weighted by atomic mass is 9.94. The molecule has 1 fully saturated rings. The van der Waals surface area contributed by atoms with E-state index < -0.39 is 0 Å². The van der Waals surface area contributed by atoms with E-state index in [0.29, 0.717) is 24.3 Å². The van der Waals surface area contributed by atoms with Crippen molar-refractivity contribution in [2.45, 2.75) is 58.9 Å². The summed E-state index contributed by atoms with van der Waals surface area (Å²) in [6.45, 7) is 8.70. The number of hydrogen-bond acceptors (Lipinski definition) is 2. The topological polar surface area (TPSA) is 41.1 Å². The van der Waals surface area contributed by atoms with Gasteiger partial charge in [0.05, 0.1) is 0 Å². The van der Waals surface area contributed by atoms with E-state index >= 15 is 0 Å². The number of hydrogen-bond donors (Lipinski definition) is 2. The SMILES string of the molecule is CCC(C)C(C)NC(=O)CCC1CCCNC1. The molecule has 0 saturated carbocycles. The molecule has 1 saturated heterocycles. The second kappa shape index (κ2) is 7.70. The molecule has 0 aromatic heterocycles. The van der Waals surface area contributed by atoms with Gasteiger partial charge in [0, 0.05) is 12.5 Å². The van der Waals surface area contributed by atoms with E-state index in [1.54, 1.807) is 0 Å². The highest BCUT2D eigenvalue weighted by Gasteiger charge is 2.16. The van der Waals surface area contributed by atoms with Crippen LogP contribution in [0.3, 0.4) is 0 Å². The number of carbonyl (C=O) groups is 1. The first-order chi connectivity index (χ1) is 8.13. The van der Waals surface area contributed by atoms with Crippen LogP contribution in [0.4, 0.5) is 0 Å². The Hall–Kier alpha value is -0.570. The van der Waals surface area contributed by atoms with Crippen molar-refractivity contribution in [2.75, 3.05) is 13.1 Å². The van der Waals surface area contributed by atoms with Gasteiger partial charge in [0.2, 0.25) is 5.91 Å². The van der Waals surface area contributed by atoms with E-state index in [1.165, 1.54) is 12.8 Å². The van der Waals surface area contributed by atoms with Crippen LogP contribution in [0.1, 0.15) is 52.9 Å². The molecule has 1 amide bonds. The molecule has 3 nitrogen and oxygen atoms in total. The molecule has 0 aromatic rings. The first-order valence-corrected chi connectivity index (χ1v) is 7.13. The zero-order chi connectivity index (χ0) is 12.7. The lowest BCUT2D eigenvalue weighted by molar-refractivity contribution is -0.122. The summed E-state index contributed by atoms with van der Waals surface area (Å²) in [5, 5.41) is 6.51. The van der Waals surface area contributed by atoms with Gasteiger partial charge in [-0.15, -0.1) is 0 Å². The Morgan fingerprint density at radius 3 is 2.82 bits per heavy atom. The minimum Gasteiger partial charge on any atom is -0.353 e. The van der Waals surface area contributed by atoms with E-state index in [0.717, 1.165) is 25.9 Å². The summed E-state index contributed by atoms with van der Waals surface area (Å²) in [7, 11) is 0. The van der Waals surface area contributed by atoms with E-state index in [1.807, 2.05) is 0 Å². The molecule has 0 spiro atoms. The van der Waals surface area contributed by atoms with Crippen molar-refractivity contribution in [3.05, 3.63) is 0 Å². The molecule has 3 heteroatoms. The molecule has 1 aliphatic heterocycles. The standard InChI is InChI=1S/C14H28N2O/c1-4-11(2)12(3)16-14(17)8-7-13-6-5-9-15-10-13/h11-13,15H,4-10H2,1-3H3,(H,16,17). The molecular formula is C14H28N2O. The van der Waals surface area contributed by atoms with Crippen LogP contribution in [0, 0.1) is 11.8 Å². The van der Waals surface area contributed by atoms with Gasteiger partial charge in [-0.25, -0.2) is 0 Å². The van der Waals surface area contributed by atoms with E-state index in [9.17, 15) is 4.79 Å². The van der Waals surface area contributed by atoms with Gasteiger partial charge in [0.25, 0.3) is 0 Å². The molecule has 1 aliphatic rings. The number of carbonyl (C=O) groups excluding carboxylic acids is 1. The van der Waals surface area contributed by atoms with Crippen molar-refractivity contribution in [3.63, 3.8) is 0 Å². The fourth-order valence-corrected chi connectivity index (χ4v) is 2.33. The fourth-order valence-electron chi connectivity index (χ4n) is 2.33. The smallest absolute Gasteiger partial charge is 0.220 e. The van der Waals surface area contributed by atoms with Gasteiger partial charge < -0.3 is 10.6 Å². The van der Waals surface area contributed by atoms with Crippen LogP contribution in [0.15, 0.2) is 0 Å². The maximum Gasteiger partial charge on any atom is 0.220 e. The summed E-state index contributed by atoms with van der Waals surface area (Å²) in [6, 6.07) is 0.303. The Labute approximate surface area is 106 Å². The normalized spacial score (nSPS) is 24.1. The fraction of sp³-hybridized carbons (Fsp3) is 0.929. The Kier molecular flexibility index (Phi) is 6.56. The lowest BCUT2D eigenvalue weighted by Crippen LogP contribution is -2.37. The third-order valence-corrected chi connectivity index (χ3v) is 4.06. The maximum atomic E-state index is 11.8. The van der Waals surface area contributed by atoms with Crippen molar-refractivity contribution >= 4 is 5.91 Å². The lowest BCUT2D eigenvalue weighted by Gasteiger charge is -2.23. The van der Waals surface area contributed by atoms with Crippen LogP contribution in [0.5, 0.6) is 0 Å². The predicted molar refractivity (Wildman–Crippen MR) is 71.9 cm³/mol. The molecule has 0 aromatic carbocycles. The summed E-state index contributed by atoms with van der Waals surface area (Å²) in [6.07, 6.45) is 5.38. The molecule has 0 aliphatic carbocycles. The number of piperidine rings is 1. The van der Waals surface area contributed by atoms with E-state index in [4.69, 9.17) is 0 Å². The van der Waals surface area contributed by atoms with Gasteiger partial charge in [0.15, 0.2) is 0 Å². The molecule has 17 heavy (non-hydrogen) atoms. The Morgan fingerprint density at radius 2 is 2.24 bits per heavy atom. The average Bonchev–Trinajstić information content (AvgIpc) is 2.36. The molecular weight excluding hydrogens is 212 g/mol. The first-order valence-electron chi connectivity index (χ1n) is 7.13. The molecule has 1 rings (SSSR count).